The highest BCUT2D eigenvalue weighted by molar-refractivity contribution is 5.77. The molecule has 1 unspecified atom stereocenters. The Morgan fingerprint density at radius 2 is 2.10 bits per heavy atom. The molecule has 30 heavy (non-hydrogen) atoms. The lowest BCUT2D eigenvalue weighted by atomic mass is 10.2. The van der Waals surface area contributed by atoms with E-state index < -0.39 is 5.76 Å². The molecule has 0 saturated carbocycles. The maximum atomic E-state index is 12.7. The Morgan fingerprint density at radius 3 is 2.97 bits per heavy atom. The number of terminal acetylenes is 1. The number of hydrogen-bond donors (Lipinski definition) is 0. The Balaban J connectivity index is 1.32. The lowest BCUT2D eigenvalue weighted by Crippen LogP contribution is -2.47. The fraction of sp³-hybridized carbons (Fsp3) is 0.304. The molecule has 1 atom stereocenters. The first-order valence-corrected chi connectivity index (χ1v) is 9.81. The summed E-state index contributed by atoms with van der Waals surface area (Å²) < 4.78 is 18.2. The van der Waals surface area contributed by atoms with Crippen LogP contribution in [0.15, 0.2) is 57.7 Å². The van der Waals surface area contributed by atoms with Gasteiger partial charge >= 0.3 is 5.76 Å². The molecule has 0 spiro atoms. The molecule has 0 radical (unpaired) electrons. The first kappa shape index (κ1) is 19.8. The van der Waals surface area contributed by atoms with E-state index >= 15 is 0 Å². The molecule has 2 aromatic carbocycles. The molecule has 1 fully saturated rings. The number of hydrogen-bond acceptors (Lipinski definition) is 5. The van der Waals surface area contributed by atoms with Gasteiger partial charge in [0.2, 0.25) is 5.91 Å². The SMILES string of the molecule is C#Cc1cccc(OCC2CN(C(=O)CCn3c(=O)oc4ccccc43)CCO2)c1. The highest BCUT2D eigenvalue weighted by Gasteiger charge is 2.25. The van der Waals surface area contributed by atoms with Crippen molar-refractivity contribution in [2.24, 2.45) is 0 Å². The number of amides is 1. The van der Waals surface area contributed by atoms with Crippen molar-refractivity contribution in [3.8, 4) is 18.1 Å². The summed E-state index contributed by atoms with van der Waals surface area (Å²) >= 11 is 0. The molecule has 1 saturated heterocycles. The molecule has 154 valence electrons. The molecule has 1 amide bonds. The van der Waals surface area contributed by atoms with E-state index in [4.69, 9.17) is 20.3 Å². The summed E-state index contributed by atoms with van der Waals surface area (Å²) in [6.07, 6.45) is 5.39. The van der Waals surface area contributed by atoms with Crippen LogP contribution in [0.3, 0.4) is 0 Å². The van der Waals surface area contributed by atoms with E-state index in [2.05, 4.69) is 5.92 Å². The van der Waals surface area contributed by atoms with Crippen LogP contribution in [0, 0.1) is 12.3 Å². The molecule has 7 heteroatoms. The second-order valence-electron chi connectivity index (χ2n) is 7.05. The van der Waals surface area contributed by atoms with Crippen LogP contribution in [0.2, 0.25) is 0 Å². The zero-order chi connectivity index (χ0) is 20.9. The van der Waals surface area contributed by atoms with Gasteiger partial charge in [0.1, 0.15) is 18.5 Å². The maximum Gasteiger partial charge on any atom is 0.419 e. The van der Waals surface area contributed by atoms with E-state index in [0.29, 0.717) is 43.2 Å². The van der Waals surface area contributed by atoms with Crippen molar-refractivity contribution in [2.45, 2.75) is 19.1 Å². The third-order valence-corrected chi connectivity index (χ3v) is 5.05. The van der Waals surface area contributed by atoms with Crippen molar-refractivity contribution < 1.29 is 18.7 Å². The summed E-state index contributed by atoms with van der Waals surface area (Å²) in [7, 11) is 0. The minimum absolute atomic E-state index is 0.0326. The summed E-state index contributed by atoms with van der Waals surface area (Å²) in [5.41, 5.74) is 1.96. The van der Waals surface area contributed by atoms with Crippen molar-refractivity contribution in [3.05, 3.63) is 64.6 Å². The summed E-state index contributed by atoms with van der Waals surface area (Å²) in [4.78, 5) is 26.5. The molecule has 1 aliphatic rings. The van der Waals surface area contributed by atoms with Gasteiger partial charge in [-0.3, -0.25) is 9.36 Å². The lowest BCUT2D eigenvalue weighted by Gasteiger charge is -2.33. The van der Waals surface area contributed by atoms with Gasteiger partial charge in [0.05, 0.1) is 18.7 Å². The third kappa shape index (κ3) is 4.39. The molecule has 0 aliphatic carbocycles. The topological polar surface area (TPSA) is 73.9 Å². The van der Waals surface area contributed by atoms with E-state index in [0.717, 1.165) is 5.56 Å². The average molecular weight is 406 g/mol. The molecule has 1 aliphatic heterocycles. The largest absolute Gasteiger partial charge is 0.491 e. The second-order valence-corrected chi connectivity index (χ2v) is 7.05. The van der Waals surface area contributed by atoms with Gasteiger partial charge in [0.25, 0.3) is 0 Å². The Bertz CT molecular complexity index is 1140. The highest BCUT2D eigenvalue weighted by atomic mass is 16.5. The summed E-state index contributed by atoms with van der Waals surface area (Å²) in [5.74, 6) is 2.76. The number of nitrogens with zero attached hydrogens (tertiary/aromatic N) is 2. The first-order valence-electron chi connectivity index (χ1n) is 9.81. The molecule has 1 aromatic heterocycles. The molecule has 3 aromatic rings. The predicted molar refractivity (Wildman–Crippen MR) is 111 cm³/mol. The Hall–Kier alpha value is -3.50. The Labute approximate surface area is 173 Å². The van der Waals surface area contributed by atoms with Gasteiger partial charge in [-0.15, -0.1) is 6.42 Å². The molecule has 7 nitrogen and oxygen atoms in total. The van der Waals surface area contributed by atoms with Crippen molar-refractivity contribution >= 4 is 17.0 Å². The molecule has 4 rings (SSSR count). The predicted octanol–water partition coefficient (Wildman–Crippen LogP) is 2.27. The van der Waals surface area contributed by atoms with Crippen LogP contribution in [0.5, 0.6) is 5.75 Å². The van der Waals surface area contributed by atoms with Gasteiger partial charge in [0.15, 0.2) is 5.58 Å². The summed E-state index contributed by atoms with van der Waals surface area (Å²) in [6, 6.07) is 14.5. The summed E-state index contributed by atoms with van der Waals surface area (Å²) in [6.45, 7) is 1.99. The van der Waals surface area contributed by atoms with E-state index in [-0.39, 0.29) is 25.0 Å². The maximum absolute atomic E-state index is 12.7. The van der Waals surface area contributed by atoms with E-state index in [1.165, 1.54) is 4.57 Å². The third-order valence-electron chi connectivity index (χ3n) is 5.05. The van der Waals surface area contributed by atoms with Gasteiger partial charge in [-0.05, 0) is 30.3 Å². The smallest absolute Gasteiger partial charge is 0.419 e. The fourth-order valence-corrected chi connectivity index (χ4v) is 3.50. The number of ether oxygens (including phenoxy) is 2. The number of benzene rings is 2. The number of morpholine rings is 1. The van der Waals surface area contributed by atoms with Gasteiger partial charge in [-0.2, -0.15) is 0 Å². The number of carbonyl (C=O) groups excluding carboxylic acids is 1. The lowest BCUT2D eigenvalue weighted by molar-refractivity contribution is -0.140. The van der Waals surface area contributed by atoms with Gasteiger partial charge < -0.3 is 18.8 Å². The Morgan fingerprint density at radius 1 is 1.23 bits per heavy atom. The van der Waals surface area contributed by atoms with Gasteiger partial charge in [0, 0.05) is 25.1 Å². The first-order chi connectivity index (χ1) is 14.6. The zero-order valence-electron chi connectivity index (χ0n) is 16.5. The number of para-hydroxylation sites is 2. The number of fused-ring (bicyclic) bond motifs is 1. The van der Waals surface area contributed by atoms with E-state index in [9.17, 15) is 9.59 Å². The van der Waals surface area contributed by atoms with Crippen LogP contribution in [0.25, 0.3) is 11.1 Å². The number of oxazole rings is 1. The molecule has 0 bridgehead atoms. The minimum atomic E-state index is -0.452. The molecule has 2 heterocycles. The average Bonchev–Trinajstić information content (AvgIpc) is 3.11. The molecular formula is C23H22N2O5. The number of aromatic nitrogens is 1. The van der Waals surface area contributed by atoms with Gasteiger partial charge in [-0.25, -0.2) is 4.79 Å². The van der Waals surface area contributed by atoms with E-state index in [1.807, 2.05) is 30.3 Å². The van der Waals surface area contributed by atoms with Crippen molar-refractivity contribution in [1.29, 1.82) is 0 Å². The number of rotatable bonds is 6. The quantitative estimate of drug-likeness (QED) is 0.587. The van der Waals surface area contributed by atoms with Crippen LogP contribution in [-0.2, 0) is 16.1 Å². The van der Waals surface area contributed by atoms with Crippen LogP contribution >= 0.6 is 0 Å². The molecular weight excluding hydrogens is 384 g/mol. The van der Waals surface area contributed by atoms with Crippen LogP contribution in [0.1, 0.15) is 12.0 Å². The van der Waals surface area contributed by atoms with Crippen molar-refractivity contribution in [1.82, 2.24) is 9.47 Å². The second kappa shape index (κ2) is 8.89. The number of carbonyl (C=O) groups is 1. The highest BCUT2D eigenvalue weighted by Crippen LogP contribution is 2.16. The van der Waals surface area contributed by atoms with Crippen molar-refractivity contribution in [3.63, 3.8) is 0 Å². The van der Waals surface area contributed by atoms with Crippen molar-refractivity contribution in [2.75, 3.05) is 26.3 Å². The van der Waals surface area contributed by atoms with Gasteiger partial charge in [-0.1, -0.05) is 24.1 Å². The monoisotopic (exact) mass is 406 g/mol. The molecule has 0 N–H and O–H groups in total. The zero-order valence-corrected chi connectivity index (χ0v) is 16.5. The number of aryl methyl sites for hydroxylation is 1. The van der Waals surface area contributed by atoms with E-state index in [1.54, 1.807) is 23.1 Å². The normalized spacial score (nSPS) is 16.4. The van der Waals surface area contributed by atoms with Crippen LogP contribution in [-0.4, -0.2) is 47.8 Å². The van der Waals surface area contributed by atoms with Crippen LogP contribution < -0.4 is 10.5 Å². The standard InChI is InChI=1S/C23H22N2O5/c1-2-17-6-5-7-18(14-17)29-16-19-15-24(12-13-28-19)22(26)10-11-25-20-8-3-4-9-21(20)30-23(25)27/h1,3-9,14,19H,10-13,15-16H2. The fourth-order valence-electron chi connectivity index (χ4n) is 3.50. The minimum Gasteiger partial charge on any atom is -0.491 e. The Kier molecular flexibility index (Phi) is 5.87. The summed E-state index contributed by atoms with van der Waals surface area (Å²) in [5, 5.41) is 0. The van der Waals surface area contributed by atoms with Crippen LogP contribution in [0.4, 0.5) is 0 Å².